The van der Waals surface area contributed by atoms with Crippen molar-refractivity contribution < 1.29 is 19.0 Å². The van der Waals surface area contributed by atoms with Gasteiger partial charge in [0.1, 0.15) is 6.61 Å². The lowest BCUT2D eigenvalue weighted by Gasteiger charge is -2.25. The Kier molecular flexibility index (Phi) is 4.12. The van der Waals surface area contributed by atoms with Crippen molar-refractivity contribution in [3.63, 3.8) is 0 Å². The third kappa shape index (κ3) is 3.23. The SMILES string of the molecule is CCOCC1(CC(=O)Cl)OCCO1. The molecule has 0 amide bonds. The Labute approximate surface area is 82.1 Å². The van der Waals surface area contributed by atoms with Crippen LogP contribution in [0.5, 0.6) is 0 Å². The zero-order valence-corrected chi connectivity index (χ0v) is 8.30. The van der Waals surface area contributed by atoms with Crippen LogP contribution < -0.4 is 0 Å². The predicted octanol–water partition coefficient (Wildman–Crippen LogP) is 0.921. The van der Waals surface area contributed by atoms with Gasteiger partial charge in [-0.1, -0.05) is 0 Å². The van der Waals surface area contributed by atoms with Crippen LogP contribution in [-0.2, 0) is 19.0 Å². The van der Waals surface area contributed by atoms with E-state index in [1.807, 2.05) is 6.92 Å². The topological polar surface area (TPSA) is 44.8 Å². The first kappa shape index (κ1) is 10.9. The third-order valence-corrected chi connectivity index (χ3v) is 1.88. The monoisotopic (exact) mass is 208 g/mol. The van der Waals surface area contributed by atoms with E-state index in [0.717, 1.165) is 0 Å². The molecule has 0 atom stereocenters. The van der Waals surface area contributed by atoms with Crippen LogP contribution in [0.4, 0.5) is 0 Å². The molecule has 1 rings (SSSR count). The van der Waals surface area contributed by atoms with Crippen LogP contribution in [0.15, 0.2) is 0 Å². The van der Waals surface area contributed by atoms with E-state index in [1.54, 1.807) is 0 Å². The van der Waals surface area contributed by atoms with Crippen molar-refractivity contribution in [2.45, 2.75) is 19.1 Å². The Bertz CT molecular complexity index is 177. The highest BCUT2D eigenvalue weighted by atomic mass is 35.5. The highest BCUT2D eigenvalue weighted by Crippen LogP contribution is 2.24. The molecule has 0 radical (unpaired) electrons. The second kappa shape index (κ2) is 4.91. The number of halogens is 1. The number of hydrogen-bond acceptors (Lipinski definition) is 4. The summed E-state index contributed by atoms with van der Waals surface area (Å²) in [4.78, 5) is 10.7. The average molecular weight is 209 g/mol. The quantitative estimate of drug-likeness (QED) is 0.631. The smallest absolute Gasteiger partial charge is 0.227 e. The lowest BCUT2D eigenvalue weighted by atomic mass is 10.2. The van der Waals surface area contributed by atoms with Gasteiger partial charge in [0.05, 0.1) is 19.6 Å². The molecule has 1 saturated heterocycles. The summed E-state index contributed by atoms with van der Waals surface area (Å²) in [5, 5.41) is -0.471. The van der Waals surface area contributed by atoms with Gasteiger partial charge in [-0.15, -0.1) is 0 Å². The molecule has 76 valence electrons. The van der Waals surface area contributed by atoms with Crippen molar-refractivity contribution in [3.05, 3.63) is 0 Å². The summed E-state index contributed by atoms with van der Waals surface area (Å²) in [7, 11) is 0. The number of ether oxygens (including phenoxy) is 3. The average Bonchev–Trinajstić information content (AvgIpc) is 2.49. The van der Waals surface area contributed by atoms with Crippen LogP contribution in [-0.4, -0.2) is 37.5 Å². The summed E-state index contributed by atoms with van der Waals surface area (Å²) >= 11 is 5.27. The van der Waals surface area contributed by atoms with Crippen molar-refractivity contribution in [1.29, 1.82) is 0 Å². The van der Waals surface area contributed by atoms with Crippen LogP contribution >= 0.6 is 11.6 Å². The van der Waals surface area contributed by atoms with Gasteiger partial charge >= 0.3 is 0 Å². The van der Waals surface area contributed by atoms with Crippen molar-refractivity contribution in [3.8, 4) is 0 Å². The van der Waals surface area contributed by atoms with E-state index in [-0.39, 0.29) is 13.0 Å². The first-order valence-electron chi connectivity index (χ1n) is 4.22. The fraction of sp³-hybridized carbons (Fsp3) is 0.875. The Morgan fingerprint density at radius 1 is 1.54 bits per heavy atom. The van der Waals surface area contributed by atoms with Gasteiger partial charge in [-0.3, -0.25) is 4.79 Å². The summed E-state index contributed by atoms with van der Waals surface area (Å²) in [6, 6.07) is 0. The van der Waals surface area contributed by atoms with E-state index in [0.29, 0.717) is 19.8 Å². The van der Waals surface area contributed by atoms with Gasteiger partial charge in [0, 0.05) is 6.61 Å². The standard InChI is InChI=1S/C8H13ClO4/c1-2-11-6-8(5-7(9)10)12-3-4-13-8/h2-6H2,1H3. The zero-order valence-electron chi connectivity index (χ0n) is 7.55. The predicted molar refractivity (Wildman–Crippen MR) is 46.6 cm³/mol. The Hall–Kier alpha value is -0.160. The van der Waals surface area contributed by atoms with Gasteiger partial charge in [-0.05, 0) is 18.5 Å². The summed E-state index contributed by atoms with van der Waals surface area (Å²) in [6.07, 6.45) is 0.0363. The number of hydrogen-bond donors (Lipinski definition) is 0. The Balaban J connectivity index is 2.47. The molecule has 0 aromatic rings. The van der Waals surface area contributed by atoms with Gasteiger partial charge in [0.25, 0.3) is 0 Å². The zero-order chi connectivity index (χ0) is 9.73. The lowest BCUT2D eigenvalue weighted by molar-refractivity contribution is -0.195. The molecular weight excluding hydrogens is 196 g/mol. The largest absolute Gasteiger partial charge is 0.376 e. The third-order valence-electron chi connectivity index (χ3n) is 1.75. The highest BCUT2D eigenvalue weighted by Gasteiger charge is 2.38. The van der Waals surface area contributed by atoms with Crippen molar-refractivity contribution in [2.75, 3.05) is 26.4 Å². The minimum absolute atomic E-state index is 0.0363. The summed E-state index contributed by atoms with van der Waals surface area (Å²) < 4.78 is 15.8. The summed E-state index contributed by atoms with van der Waals surface area (Å²) in [5.41, 5.74) is 0. The molecule has 5 heteroatoms. The van der Waals surface area contributed by atoms with E-state index >= 15 is 0 Å². The molecule has 0 N–H and O–H groups in total. The molecule has 0 saturated carbocycles. The van der Waals surface area contributed by atoms with Crippen LogP contribution in [0.2, 0.25) is 0 Å². The normalized spacial score (nSPS) is 20.5. The van der Waals surface area contributed by atoms with E-state index in [9.17, 15) is 4.79 Å². The maximum absolute atomic E-state index is 10.7. The van der Waals surface area contributed by atoms with Gasteiger partial charge < -0.3 is 14.2 Å². The van der Waals surface area contributed by atoms with Crippen molar-refractivity contribution in [2.24, 2.45) is 0 Å². The number of rotatable bonds is 5. The van der Waals surface area contributed by atoms with Crippen molar-refractivity contribution >= 4 is 16.8 Å². The molecule has 0 bridgehead atoms. The number of carbonyl (C=O) groups excluding carboxylic acids is 1. The molecule has 0 spiro atoms. The van der Waals surface area contributed by atoms with Crippen molar-refractivity contribution in [1.82, 2.24) is 0 Å². The minimum Gasteiger partial charge on any atom is -0.376 e. The number of carbonyl (C=O) groups is 1. The molecule has 13 heavy (non-hydrogen) atoms. The molecule has 1 fully saturated rings. The van der Waals surface area contributed by atoms with Crippen LogP contribution in [0, 0.1) is 0 Å². The van der Waals surface area contributed by atoms with E-state index < -0.39 is 11.0 Å². The van der Waals surface area contributed by atoms with Gasteiger partial charge in [0.2, 0.25) is 5.24 Å². The Morgan fingerprint density at radius 2 is 2.15 bits per heavy atom. The Morgan fingerprint density at radius 3 is 2.62 bits per heavy atom. The van der Waals surface area contributed by atoms with E-state index in [2.05, 4.69) is 0 Å². The lowest BCUT2D eigenvalue weighted by Crippen LogP contribution is -2.37. The fourth-order valence-corrected chi connectivity index (χ4v) is 1.41. The maximum atomic E-state index is 10.7. The summed E-state index contributed by atoms with van der Waals surface area (Å²) in [6.45, 7) is 3.65. The first-order chi connectivity index (χ1) is 6.18. The summed E-state index contributed by atoms with van der Waals surface area (Å²) in [5.74, 6) is -0.936. The molecule has 0 aromatic carbocycles. The maximum Gasteiger partial charge on any atom is 0.227 e. The molecule has 1 heterocycles. The highest BCUT2D eigenvalue weighted by molar-refractivity contribution is 6.63. The fourth-order valence-electron chi connectivity index (χ4n) is 1.20. The first-order valence-corrected chi connectivity index (χ1v) is 4.60. The second-order valence-electron chi connectivity index (χ2n) is 2.78. The minimum atomic E-state index is -0.936. The molecule has 1 aliphatic rings. The van der Waals surface area contributed by atoms with Crippen LogP contribution in [0.3, 0.4) is 0 Å². The van der Waals surface area contributed by atoms with E-state index in [4.69, 9.17) is 25.8 Å². The second-order valence-corrected chi connectivity index (χ2v) is 3.20. The van der Waals surface area contributed by atoms with Gasteiger partial charge in [0.15, 0.2) is 5.79 Å². The molecule has 0 aliphatic carbocycles. The van der Waals surface area contributed by atoms with Crippen LogP contribution in [0.25, 0.3) is 0 Å². The molecule has 4 nitrogen and oxygen atoms in total. The molecular formula is C8H13ClO4. The van der Waals surface area contributed by atoms with Crippen LogP contribution in [0.1, 0.15) is 13.3 Å². The molecule has 1 aliphatic heterocycles. The van der Waals surface area contributed by atoms with Gasteiger partial charge in [-0.25, -0.2) is 0 Å². The van der Waals surface area contributed by atoms with E-state index in [1.165, 1.54) is 0 Å². The molecule has 0 unspecified atom stereocenters. The molecule has 0 aromatic heterocycles. The van der Waals surface area contributed by atoms with Gasteiger partial charge in [-0.2, -0.15) is 0 Å².